The molecule has 134 valence electrons. The van der Waals surface area contributed by atoms with Crippen LogP contribution in [0.5, 0.6) is 0 Å². The molecule has 0 aliphatic carbocycles. The molecule has 1 saturated heterocycles. The minimum Gasteiger partial charge on any atom is -0.396 e. The molecule has 1 aromatic heterocycles. The Hall–Kier alpha value is -2.41. The van der Waals surface area contributed by atoms with Gasteiger partial charge in [0.05, 0.1) is 6.04 Å². The molecule has 1 aliphatic rings. The number of nitrogens with one attached hydrogen (secondary N) is 1. The van der Waals surface area contributed by atoms with Crippen LogP contribution in [0.2, 0.25) is 0 Å². The SMILES string of the molecule is CC(NC(=O)N1CCCCC1CCO)c1noc(-c2ccccc2)n1. The van der Waals surface area contributed by atoms with Gasteiger partial charge in [-0.1, -0.05) is 23.4 Å². The number of amides is 2. The molecule has 1 aliphatic heterocycles. The van der Waals surface area contributed by atoms with Gasteiger partial charge in [0.2, 0.25) is 0 Å². The number of aliphatic hydroxyl groups is 1. The second-order valence-electron chi connectivity index (χ2n) is 6.35. The zero-order chi connectivity index (χ0) is 17.6. The van der Waals surface area contributed by atoms with Gasteiger partial charge in [-0.15, -0.1) is 0 Å². The summed E-state index contributed by atoms with van der Waals surface area (Å²) in [4.78, 5) is 18.8. The lowest BCUT2D eigenvalue weighted by molar-refractivity contribution is 0.129. The van der Waals surface area contributed by atoms with E-state index in [0.717, 1.165) is 24.8 Å². The van der Waals surface area contributed by atoms with Gasteiger partial charge in [-0.25, -0.2) is 4.79 Å². The highest BCUT2D eigenvalue weighted by molar-refractivity contribution is 5.75. The van der Waals surface area contributed by atoms with Crippen molar-refractivity contribution in [3.8, 4) is 11.5 Å². The van der Waals surface area contributed by atoms with Gasteiger partial charge in [0.1, 0.15) is 0 Å². The zero-order valence-corrected chi connectivity index (χ0v) is 14.4. The van der Waals surface area contributed by atoms with E-state index in [1.165, 1.54) is 0 Å². The number of hydrogen-bond donors (Lipinski definition) is 2. The fourth-order valence-corrected chi connectivity index (χ4v) is 3.16. The number of carbonyl (C=O) groups is 1. The number of piperidine rings is 1. The van der Waals surface area contributed by atoms with Gasteiger partial charge in [0.15, 0.2) is 5.82 Å². The average molecular weight is 344 g/mol. The lowest BCUT2D eigenvalue weighted by Gasteiger charge is -2.36. The van der Waals surface area contributed by atoms with Crippen LogP contribution in [0.4, 0.5) is 4.79 Å². The summed E-state index contributed by atoms with van der Waals surface area (Å²) < 4.78 is 5.30. The standard InChI is InChI=1S/C18H24N4O3/c1-13(16-20-17(25-21-16)14-7-3-2-4-8-14)19-18(24)22-11-6-5-9-15(22)10-12-23/h2-4,7-8,13,15,23H,5-6,9-12H2,1H3,(H,19,24). The molecule has 1 aromatic carbocycles. The van der Waals surface area contributed by atoms with Gasteiger partial charge < -0.3 is 19.8 Å². The number of aromatic nitrogens is 2. The first kappa shape index (κ1) is 17.4. The molecule has 7 nitrogen and oxygen atoms in total. The number of rotatable bonds is 5. The highest BCUT2D eigenvalue weighted by Crippen LogP contribution is 2.22. The third-order valence-corrected chi connectivity index (χ3v) is 4.54. The largest absolute Gasteiger partial charge is 0.396 e. The molecule has 7 heteroatoms. The Bertz CT molecular complexity index is 687. The van der Waals surface area contributed by atoms with E-state index in [1.54, 1.807) is 0 Å². The Morgan fingerprint density at radius 1 is 1.40 bits per heavy atom. The summed E-state index contributed by atoms with van der Waals surface area (Å²) in [5.41, 5.74) is 0.846. The van der Waals surface area contributed by atoms with E-state index in [1.807, 2.05) is 42.2 Å². The Morgan fingerprint density at radius 3 is 2.96 bits per heavy atom. The van der Waals surface area contributed by atoms with E-state index in [-0.39, 0.29) is 24.7 Å². The molecule has 1 fully saturated rings. The topological polar surface area (TPSA) is 91.5 Å². The van der Waals surface area contributed by atoms with Crippen LogP contribution in [0, 0.1) is 0 Å². The third kappa shape index (κ3) is 4.17. The van der Waals surface area contributed by atoms with E-state index in [4.69, 9.17) is 4.52 Å². The summed E-state index contributed by atoms with van der Waals surface area (Å²) in [5, 5.41) is 16.1. The number of likely N-dealkylation sites (tertiary alicyclic amines) is 1. The Balaban J connectivity index is 1.64. The maximum atomic E-state index is 12.6. The van der Waals surface area contributed by atoms with Crippen molar-refractivity contribution in [1.82, 2.24) is 20.4 Å². The maximum Gasteiger partial charge on any atom is 0.318 e. The zero-order valence-electron chi connectivity index (χ0n) is 14.4. The molecule has 2 unspecified atom stereocenters. The predicted octanol–water partition coefficient (Wildman–Crippen LogP) is 2.74. The fraction of sp³-hybridized carbons (Fsp3) is 0.500. The molecule has 2 N–H and O–H groups in total. The number of nitrogens with zero attached hydrogens (tertiary/aromatic N) is 3. The molecule has 2 heterocycles. The monoisotopic (exact) mass is 344 g/mol. The van der Waals surface area contributed by atoms with Crippen LogP contribution in [-0.4, -0.2) is 45.4 Å². The molecule has 0 saturated carbocycles. The minimum atomic E-state index is -0.356. The first-order valence-corrected chi connectivity index (χ1v) is 8.76. The predicted molar refractivity (Wildman–Crippen MR) is 92.7 cm³/mol. The lowest BCUT2D eigenvalue weighted by Crippen LogP contribution is -2.49. The first-order valence-electron chi connectivity index (χ1n) is 8.76. The van der Waals surface area contributed by atoms with Crippen LogP contribution >= 0.6 is 0 Å². The molecule has 0 bridgehead atoms. The molecule has 25 heavy (non-hydrogen) atoms. The second kappa shape index (κ2) is 8.11. The van der Waals surface area contributed by atoms with Crippen LogP contribution < -0.4 is 5.32 Å². The second-order valence-corrected chi connectivity index (χ2v) is 6.35. The quantitative estimate of drug-likeness (QED) is 0.870. The smallest absolute Gasteiger partial charge is 0.318 e. The van der Waals surface area contributed by atoms with E-state index < -0.39 is 0 Å². The third-order valence-electron chi connectivity index (χ3n) is 4.54. The molecule has 2 amide bonds. The van der Waals surface area contributed by atoms with Crippen LogP contribution in [-0.2, 0) is 0 Å². The van der Waals surface area contributed by atoms with Gasteiger partial charge in [-0.2, -0.15) is 4.98 Å². The van der Waals surface area contributed by atoms with E-state index >= 15 is 0 Å². The summed E-state index contributed by atoms with van der Waals surface area (Å²) in [7, 11) is 0. The summed E-state index contributed by atoms with van der Waals surface area (Å²) in [5.74, 6) is 0.885. The number of hydrogen-bond acceptors (Lipinski definition) is 5. The highest BCUT2D eigenvalue weighted by Gasteiger charge is 2.28. The summed E-state index contributed by atoms with van der Waals surface area (Å²) >= 11 is 0. The normalized spacial score (nSPS) is 18.8. The summed E-state index contributed by atoms with van der Waals surface area (Å²) in [6, 6.07) is 9.12. The van der Waals surface area contributed by atoms with Crippen LogP contribution in [0.15, 0.2) is 34.9 Å². The Labute approximate surface area is 147 Å². The summed E-state index contributed by atoms with van der Waals surface area (Å²) in [6.07, 6.45) is 3.63. The van der Waals surface area contributed by atoms with Crippen LogP contribution in [0.25, 0.3) is 11.5 Å². The number of benzene rings is 1. The van der Waals surface area contributed by atoms with E-state index in [2.05, 4.69) is 15.5 Å². The molecule has 2 atom stereocenters. The molecule has 0 spiro atoms. The van der Waals surface area contributed by atoms with Gasteiger partial charge in [-0.3, -0.25) is 0 Å². The van der Waals surface area contributed by atoms with Gasteiger partial charge in [-0.05, 0) is 44.7 Å². The Kier molecular flexibility index (Phi) is 5.65. The van der Waals surface area contributed by atoms with Crippen molar-refractivity contribution in [2.75, 3.05) is 13.2 Å². The van der Waals surface area contributed by atoms with Crippen LogP contribution in [0.1, 0.15) is 44.5 Å². The van der Waals surface area contributed by atoms with Gasteiger partial charge >= 0.3 is 6.03 Å². The van der Waals surface area contributed by atoms with E-state index in [0.29, 0.717) is 24.7 Å². The van der Waals surface area contributed by atoms with Crippen molar-refractivity contribution in [1.29, 1.82) is 0 Å². The first-order chi connectivity index (χ1) is 12.2. The fourth-order valence-electron chi connectivity index (χ4n) is 3.16. The molecule has 3 rings (SSSR count). The molecular formula is C18H24N4O3. The van der Waals surface area contributed by atoms with Crippen molar-refractivity contribution in [2.45, 2.75) is 44.7 Å². The summed E-state index contributed by atoms with van der Waals surface area (Å²) in [6.45, 7) is 2.64. The van der Waals surface area contributed by atoms with Crippen molar-refractivity contribution < 1.29 is 14.4 Å². The van der Waals surface area contributed by atoms with Crippen molar-refractivity contribution >= 4 is 6.03 Å². The number of carbonyl (C=O) groups excluding carboxylic acids is 1. The van der Waals surface area contributed by atoms with Crippen molar-refractivity contribution in [2.24, 2.45) is 0 Å². The number of urea groups is 1. The average Bonchev–Trinajstić information content (AvgIpc) is 3.13. The lowest BCUT2D eigenvalue weighted by atomic mass is 10.00. The van der Waals surface area contributed by atoms with Crippen molar-refractivity contribution in [3.63, 3.8) is 0 Å². The highest BCUT2D eigenvalue weighted by atomic mass is 16.5. The van der Waals surface area contributed by atoms with E-state index in [9.17, 15) is 9.90 Å². The number of aliphatic hydroxyl groups excluding tert-OH is 1. The molecular weight excluding hydrogens is 320 g/mol. The maximum absolute atomic E-state index is 12.6. The van der Waals surface area contributed by atoms with Gasteiger partial charge in [0, 0.05) is 24.8 Å². The molecule has 2 aromatic rings. The van der Waals surface area contributed by atoms with Crippen molar-refractivity contribution in [3.05, 3.63) is 36.2 Å². The molecule has 0 radical (unpaired) electrons. The van der Waals surface area contributed by atoms with Gasteiger partial charge in [0.25, 0.3) is 5.89 Å². The Morgan fingerprint density at radius 2 is 2.20 bits per heavy atom. The van der Waals surface area contributed by atoms with Crippen LogP contribution in [0.3, 0.4) is 0 Å². The minimum absolute atomic E-state index is 0.0925.